The van der Waals surface area contributed by atoms with Crippen molar-refractivity contribution in [2.24, 2.45) is 5.73 Å². The van der Waals surface area contributed by atoms with Gasteiger partial charge >= 0.3 is 0 Å². The first kappa shape index (κ1) is 13.9. The van der Waals surface area contributed by atoms with E-state index in [1.165, 1.54) is 25.7 Å². The summed E-state index contributed by atoms with van der Waals surface area (Å²) in [5.74, 6) is 1.68. The second-order valence-electron chi connectivity index (χ2n) is 4.67. The molecule has 6 nitrogen and oxygen atoms in total. The topological polar surface area (TPSA) is 73.5 Å². The Labute approximate surface area is 113 Å². The van der Waals surface area contributed by atoms with Gasteiger partial charge in [-0.3, -0.25) is 0 Å². The fourth-order valence-electron chi connectivity index (χ4n) is 2.53. The van der Waals surface area contributed by atoms with Gasteiger partial charge in [0.15, 0.2) is 0 Å². The lowest BCUT2D eigenvalue weighted by Crippen LogP contribution is -2.38. The van der Waals surface area contributed by atoms with Crippen molar-refractivity contribution in [3.8, 4) is 11.8 Å². The van der Waals surface area contributed by atoms with Crippen molar-refractivity contribution >= 4 is 5.95 Å². The van der Waals surface area contributed by atoms with Crippen LogP contribution in [0.3, 0.4) is 0 Å². The molecule has 0 bridgehead atoms. The van der Waals surface area contributed by atoms with Crippen molar-refractivity contribution in [2.75, 3.05) is 32.2 Å². The highest BCUT2D eigenvalue weighted by Crippen LogP contribution is 2.28. The van der Waals surface area contributed by atoms with Gasteiger partial charge in [-0.15, -0.1) is 0 Å². The summed E-state index contributed by atoms with van der Waals surface area (Å²) in [7, 11) is 3.18. The predicted octanol–water partition coefficient (Wildman–Crippen LogP) is 1.20. The van der Waals surface area contributed by atoms with Crippen LogP contribution in [0, 0.1) is 0 Å². The number of nitrogens with two attached hydrogens (primary N) is 1. The number of hydrogen-bond donors (Lipinski definition) is 1. The third-order valence-corrected chi connectivity index (χ3v) is 3.48. The van der Waals surface area contributed by atoms with Gasteiger partial charge in [0.1, 0.15) is 0 Å². The minimum absolute atomic E-state index is 0.473. The zero-order valence-electron chi connectivity index (χ0n) is 11.6. The molecule has 2 rings (SSSR count). The molecular weight excluding hydrogens is 244 g/mol. The molecule has 0 aromatic carbocycles. The summed E-state index contributed by atoms with van der Waals surface area (Å²) < 4.78 is 10.4. The summed E-state index contributed by atoms with van der Waals surface area (Å²) in [5, 5.41) is 0. The highest BCUT2D eigenvalue weighted by Gasteiger charge is 2.25. The second-order valence-corrected chi connectivity index (χ2v) is 4.67. The number of ether oxygens (including phenoxy) is 2. The minimum Gasteiger partial charge on any atom is -0.481 e. The number of aromatic nitrogens is 2. The lowest BCUT2D eigenvalue weighted by atomic mass is 10.2. The molecule has 1 aromatic heterocycles. The maximum Gasteiger partial charge on any atom is 0.232 e. The summed E-state index contributed by atoms with van der Waals surface area (Å²) in [5.41, 5.74) is 5.72. The van der Waals surface area contributed by atoms with Crippen LogP contribution in [0.2, 0.25) is 0 Å². The average Bonchev–Trinajstić information content (AvgIpc) is 2.97. The standard InChI is InChI=1S/C13H22N4O2/c1-18-11-9-12(19-2)16-13(15-11)17(8-7-14)10-5-3-4-6-10/h9-10H,3-8,14H2,1-2H3. The summed E-state index contributed by atoms with van der Waals surface area (Å²) in [4.78, 5) is 11.0. The van der Waals surface area contributed by atoms with Crippen molar-refractivity contribution in [3.63, 3.8) is 0 Å². The molecule has 0 radical (unpaired) electrons. The van der Waals surface area contributed by atoms with E-state index < -0.39 is 0 Å². The molecule has 1 aliphatic carbocycles. The van der Waals surface area contributed by atoms with Crippen LogP contribution in [0.4, 0.5) is 5.95 Å². The zero-order chi connectivity index (χ0) is 13.7. The van der Waals surface area contributed by atoms with Gasteiger partial charge in [-0.2, -0.15) is 9.97 Å². The molecule has 106 valence electrons. The molecule has 0 aliphatic heterocycles. The van der Waals surface area contributed by atoms with Crippen molar-refractivity contribution < 1.29 is 9.47 Å². The van der Waals surface area contributed by atoms with Gasteiger partial charge in [0.05, 0.1) is 20.3 Å². The van der Waals surface area contributed by atoms with E-state index in [1.54, 1.807) is 20.3 Å². The van der Waals surface area contributed by atoms with E-state index in [4.69, 9.17) is 15.2 Å². The molecular formula is C13H22N4O2. The molecule has 1 heterocycles. The maximum absolute atomic E-state index is 5.72. The fraction of sp³-hybridized carbons (Fsp3) is 0.692. The van der Waals surface area contributed by atoms with E-state index in [-0.39, 0.29) is 0 Å². The van der Waals surface area contributed by atoms with E-state index in [9.17, 15) is 0 Å². The lowest BCUT2D eigenvalue weighted by molar-refractivity contribution is 0.370. The zero-order valence-corrected chi connectivity index (χ0v) is 11.6. The first-order chi connectivity index (χ1) is 9.28. The first-order valence-electron chi connectivity index (χ1n) is 6.72. The number of methoxy groups -OCH3 is 2. The number of rotatable bonds is 6. The van der Waals surface area contributed by atoms with E-state index in [0.717, 1.165) is 6.54 Å². The van der Waals surface area contributed by atoms with Gasteiger partial charge in [-0.25, -0.2) is 0 Å². The predicted molar refractivity (Wildman–Crippen MR) is 73.8 cm³/mol. The Bertz CT molecular complexity index is 385. The van der Waals surface area contributed by atoms with Gasteiger partial charge in [-0.1, -0.05) is 12.8 Å². The highest BCUT2D eigenvalue weighted by atomic mass is 16.5. The Morgan fingerprint density at radius 1 is 1.21 bits per heavy atom. The van der Waals surface area contributed by atoms with E-state index in [0.29, 0.717) is 30.3 Å². The van der Waals surface area contributed by atoms with E-state index >= 15 is 0 Å². The Balaban J connectivity index is 2.28. The summed E-state index contributed by atoms with van der Waals surface area (Å²) in [6, 6.07) is 2.15. The maximum atomic E-state index is 5.72. The smallest absolute Gasteiger partial charge is 0.232 e. The first-order valence-corrected chi connectivity index (χ1v) is 6.72. The number of hydrogen-bond acceptors (Lipinski definition) is 6. The quantitative estimate of drug-likeness (QED) is 0.834. The monoisotopic (exact) mass is 266 g/mol. The molecule has 0 amide bonds. The third-order valence-electron chi connectivity index (χ3n) is 3.48. The molecule has 0 spiro atoms. The molecule has 6 heteroatoms. The number of nitrogens with zero attached hydrogens (tertiary/aromatic N) is 3. The summed E-state index contributed by atoms with van der Waals surface area (Å²) in [6.45, 7) is 1.33. The van der Waals surface area contributed by atoms with Gasteiger partial charge in [0.2, 0.25) is 17.7 Å². The Morgan fingerprint density at radius 2 is 1.79 bits per heavy atom. The van der Waals surface area contributed by atoms with Crippen molar-refractivity contribution in [1.29, 1.82) is 0 Å². The highest BCUT2D eigenvalue weighted by molar-refractivity contribution is 5.38. The second kappa shape index (κ2) is 6.56. The molecule has 19 heavy (non-hydrogen) atoms. The van der Waals surface area contributed by atoms with Gasteiger partial charge in [0.25, 0.3) is 0 Å². The minimum atomic E-state index is 0.473. The number of anilines is 1. The normalized spacial score (nSPS) is 15.5. The molecule has 0 unspecified atom stereocenters. The fourth-order valence-corrected chi connectivity index (χ4v) is 2.53. The molecule has 1 fully saturated rings. The van der Waals surface area contributed by atoms with Crippen molar-refractivity contribution in [3.05, 3.63) is 6.07 Å². The molecule has 2 N–H and O–H groups in total. The Kier molecular flexibility index (Phi) is 4.79. The van der Waals surface area contributed by atoms with Crippen molar-refractivity contribution in [2.45, 2.75) is 31.7 Å². The van der Waals surface area contributed by atoms with Gasteiger partial charge in [-0.05, 0) is 12.8 Å². The van der Waals surface area contributed by atoms with Crippen LogP contribution >= 0.6 is 0 Å². The molecule has 0 saturated heterocycles. The molecule has 1 saturated carbocycles. The third kappa shape index (κ3) is 3.26. The van der Waals surface area contributed by atoms with Crippen LogP contribution in [0.15, 0.2) is 6.07 Å². The Morgan fingerprint density at radius 3 is 2.26 bits per heavy atom. The largest absolute Gasteiger partial charge is 0.481 e. The van der Waals surface area contributed by atoms with Crippen LogP contribution in [0.1, 0.15) is 25.7 Å². The Hall–Kier alpha value is -1.56. The van der Waals surface area contributed by atoms with Gasteiger partial charge < -0.3 is 20.1 Å². The molecule has 0 atom stereocenters. The van der Waals surface area contributed by atoms with E-state index in [2.05, 4.69) is 14.9 Å². The van der Waals surface area contributed by atoms with E-state index in [1.807, 2.05) is 0 Å². The molecule has 1 aromatic rings. The average molecular weight is 266 g/mol. The van der Waals surface area contributed by atoms with Crippen LogP contribution in [-0.2, 0) is 0 Å². The summed E-state index contributed by atoms with van der Waals surface area (Å²) in [6.07, 6.45) is 4.85. The molecule has 1 aliphatic rings. The SMILES string of the molecule is COc1cc(OC)nc(N(CCN)C2CCCC2)n1. The van der Waals surface area contributed by atoms with Crippen molar-refractivity contribution in [1.82, 2.24) is 9.97 Å². The van der Waals surface area contributed by atoms with Crippen LogP contribution in [0.25, 0.3) is 0 Å². The van der Waals surface area contributed by atoms with Crippen LogP contribution in [-0.4, -0.2) is 43.3 Å². The van der Waals surface area contributed by atoms with Crippen LogP contribution < -0.4 is 20.1 Å². The summed E-state index contributed by atoms with van der Waals surface area (Å²) >= 11 is 0. The lowest BCUT2D eigenvalue weighted by Gasteiger charge is -2.28. The van der Waals surface area contributed by atoms with Gasteiger partial charge in [0, 0.05) is 19.1 Å². The van der Waals surface area contributed by atoms with Crippen LogP contribution in [0.5, 0.6) is 11.8 Å².